The van der Waals surface area contributed by atoms with Gasteiger partial charge < -0.3 is 19.5 Å². The summed E-state index contributed by atoms with van der Waals surface area (Å²) in [6.45, 7) is 2.33. The Balaban J connectivity index is 1.54. The van der Waals surface area contributed by atoms with E-state index in [1.54, 1.807) is 14.2 Å². The van der Waals surface area contributed by atoms with E-state index in [9.17, 15) is 5.11 Å². The molecule has 48 heavy (non-hydrogen) atoms. The van der Waals surface area contributed by atoms with Gasteiger partial charge in [0.15, 0.2) is 0 Å². The molecular weight excluding hydrogens is 628 g/mol. The van der Waals surface area contributed by atoms with E-state index in [1.165, 1.54) is 26.5 Å². The number of aliphatic hydroxyl groups is 1. The summed E-state index contributed by atoms with van der Waals surface area (Å²) in [5.41, 5.74) is 1.24. The molecule has 6 rings (SSSR count). The van der Waals surface area contributed by atoms with Crippen molar-refractivity contribution in [3.05, 3.63) is 139 Å². The van der Waals surface area contributed by atoms with Gasteiger partial charge in [-0.25, -0.2) is 0 Å². The standard InChI is InChI=1S/C42H47NO3P2/c1-30(43(2)3)33-28-29-40(48(38-26-16-13-23-35(38)45-4)39-27-17-14-24-36(39)46-5)41(33)42(44)34-22-12-15-25-37(34)47(31-18-8-6-9-19-31)32-20-10-7-11-21-32/h6-27,30,33,40-42,44H,28-29H2,1-5H3/t30-,33?,40?,41?,42?/m1/s1. The highest BCUT2D eigenvalue weighted by Gasteiger charge is 2.49. The molecule has 5 atom stereocenters. The molecule has 0 heterocycles. The molecule has 0 saturated heterocycles. The average Bonchev–Trinajstić information content (AvgIpc) is 3.57. The Labute approximate surface area is 289 Å². The van der Waals surface area contributed by atoms with Gasteiger partial charge in [-0.15, -0.1) is 0 Å². The Hall–Kier alpha value is -3.52. The summed E-state index contributed by atoms with van der Waals surface area (Å²) in [7, 11) is 6.00. The number of aliphatic hydroxyl groups excluding tert-OH is 1. The summed E-state index contributed by atoms with van der Waals surface area (Å²) in [6.07, 6.45) is 1.40. The molecule has 1 aliphatic rings. The van der Waals surface area contributed by atoms with Crippen LogP contribution in [0.3, 0.4) is 0 Å². The fraction of sp³-hybridized carbons (Fsp3) is 0.286. The Morgan fingerprint density at radius 3 is 1.58 bits per heavy atom. The van der Waals surface area contributed by atoms with E-state index in [1.807, 2.05) is 12.1 Å². The van der Waals surface area contributed by atoms with E-state index < -0.39 is 21.9 Å². The zero-order chi connectivity index (χ0) is 33.6. The number of nitrogens with zero attached hydrogens (tertiary/aromatic N) is 1. The van der Waals surface area contributed by atoms with E-state index in [2.05, 4.69) is 147 Å². The second kappa shape index (κ2) is 15.8. The minimum Gasteiger partial charge on any atom is -0.496 e. The summed E-state index contributed by atoms with van der Waals surface area (Å²) in [5, 5.41) is 19.2. The molecule has 0 aromatic heterocycles. The number of hydrogen-bond donors (Lipinski definition) is 1. The van der Waals surface area contributed by atoms with E-state index >= 15 is 0 Å². The summed E-state index contributed by atoms with van der Waals surface area (Å²) < 4.78 is 12.1. The van der Waals surface area contributed by atoms with Crippen LogP contribution in [0.5, 0.6) is 11.5 Å². The van der Waals surface area contributed by atoms with Crippen LogP contribution in [-0.4, -0.2) is 50.0 Å². The highest BCUT2D eigenvalue weighted by atomic mass is 31.1. The Morgan fingerprint density at radius 2 is 1.08 bits per heavy atom. The maximum atomic E-state index is 13.1. The van der Waals surface area contributed by atoms with Crippen molar-refractivity contribution in [3.63, 3.8) is 0 Å². The molecule has 0 bridgehead atoms. The van der Waals surface area contributed by atoms with E-state index in [4.69, 9.17) is 9.47 Å². The Morgan fingerprint density at radius 1 is 0.625 bits per heavy atom. The summed E-state index contributed by atoms with van der Waals surface area (Å²) in [6, 6.07) is 47.5. The van der Waals surface area contributed by atoms with Crippen LogP contribution >= 0.6 is 15.8 Å². The van der Waals surface area contributed by atoms with Crippen molar-refractivity contribution in [3.8, 4) is 11.5 Å². The topological polar surface area (TPSA) is 41.9 Å². The molecular formula is C42H47NO3P2. The van der Waals surface area contributed by atoms with Gasteiger partial charge >= 0.3 is 0 Å². The molecule has 248 valence electrons. The van der Waals surface area contributed by atoms with Crippen molar-refractivity contribution in [1.29, 1.82) is 0 Å². The number of ether oxygens (including phenoxy) is 2. The Bertz CT molecular complexity index is 1680. The van der Waals surface area contributed by atoms with E-state index in [0.717, 1.165) is 29.9 Å². The van der Waals surface area contributed by atoms with Crippen LogP contribution in [-0.2, 0) is 0 Å². The molecule has 5 aromatic rings. The molecule has 6 heteroatoms. The largest absolute Gasteiger partial charge is 0.496 e. The lowest BCUT2D eigenvalue weighted by atomic mass is 9.82. The Kier molecular flexibility index (Phi) is 11.3. The molecule has 5 aromatic carbocycles. The number of benzene rings is 5. The van der Waals surface area contributed by atoms with Crippen LogP contribution in [0.2, 0.25) is 0 Å². The predicted molar refractivity (Wildman–Crippen MR) is 205 cm³/mol. The molecule has 1 fully saturated rings. The molecule has 0 amide bonds. The summed E-state index contributed by atoms with van der Waals surface area (Å²) in [4.78, 5) is 2.33. The van der Waals surface area contributed by atoms with Crippen LogP contribution in [0.15, 0.2) is 133 Å². The number of methoxy groups -OCH3 is 2. The van der Waals surface area contributed by atoms with Gasteiger partial charge in [-0.1, -0.05) is 121 Å². The lowest BCUT2D eigenvalue weighted by Gasteiger charge is -2.40. The SMILES string of the molecule is COc1ccccc1P(c1ccccc1OC)C1CCC([C@@H](C)N(C)C)C1C(O)c1ccccc1P(c1ccccc1)c1ccccc1. The van der Waals surface area contributed by atoms with Crippen LogP contribution < -0.4 is 36.0 Å². The van der Waals surface area contributed by atoms with Crippen molar-refractivity contribution in [2.45, 2.75) is 37.6 Å². The highest BCUT2D eigenvalue weighted by molar-refractivity contribution is 7.80. The maximum Gasteiger partial charge on any atom is 0.126 e. The maximum absolute atomic E-state index is 13.1. The van der Waals surface area contributed by atoms with Crippen molar-refractivity contribution < 1.29 is 14.6 Å². The zero-order valence-corrected chi connectivity index (χ0v) is 30.4. The number of para-hydroxylation sites is 2. The predicted octanol–water partition coefficient (Wildman–Crippen LogP) is 6.97. The van der Waals surface area contributed by atoms with Crippen molar-refractivity contribution >= 4 is 42.4 Å². The molecule has 4 unspecified atom stereocenters. The van der Waals surface area contributed by atoms with Gasteiger partial charge in [0.2, 0.25) is 0 Å². The molecule has 0 radical (unpaired) electrons. The third kappa shape index (κ3) is 6.96. The van der Waals surface area contributed by atoms with Gasteiger partial charge in [0.25, 0.3) is 0 Å². The molecule has 4 nitrogen and oxygen atoms in total. The summed E-state index contributed by atoms with van der Waals surface area (Å²) in [5.74, 6) is 2.09. The van der Waals surface area contributed by atoms with Gasteiger partial charge in [0.05, 0.1) is 20.3 Å². The lowest BCUT2D eigenvalue weighted by Crippen LogP contribution is -2.40. The molecule has 1 saturated carbocycles. The molecule has 0 spiro atoms. The second-order valence-electron chi connectivity index (χ2n) is 12.8. The van der Waals surface area contributed by atoms with E-state index in [0.29, 0.717) is 12.0 Å². The van der Waals surface area contributed by atoms with Gasteiger partial charge in [-0.05, 0) is 94.9 Å². The molecule has 1 aliphatic carbocycles. The zero-order valence-electron chi connectivity index (χ0n) is 28.6. The second-order valence-corrected chi connectivity index (χ2v) is 17.4. The first-order valence-electron chi connectivity index (χ1n) is 16.8. The first-order chi connectivity index (χ1) is 23.4. The first kappa shape index (κ1) is 34.3. The number of hydrogen-bond acceptors (Lipinski definition) is 4. The number of rotatable bonds is 12. The molecule has 0 aliphatic heterocycles. The van der Waals surface area contributed by atoms with Gasteiger partial charge in [0.1, 0.15) is 11.5 Å². The smallest absolute Gasteiger partial charge is 0.126 e. The normalized spacial score (nSPS) is 19.1. The van der Waals surface area contributed by atoms with Crippen molar-refractivity contribution in [1.82, 2.24) is 4.90 Å². The average molecular weight is 676 g/mol. The van der Waals surface area contributed by atoms with Crippen LogP contribution in [0.25, 0.3) is 0 Å². The lowest BCUT2D eigenvalue weighted by molar-refractivity contribution is 0.0616. The van der Waals surface area contributed by atoms with Crippen molar-refractivity contribution in [2.75, 3.05) is 28.3 Å². The third-order valence-corrected chi connectivity index (χ3v) is 15.6. The van der Waals surface area contributed by atoms with Crippen LogP contribution in [0.4, 0.5) is 0 Å². The monoisotopic (exact) mass is 675 g/mol. The molecule has 1 N–H and O–H groups in total. The summed E-state index contributed by atoms with van der Waals surface area (Å²) >= 11 is 0. The quantitative estimate of drug-likeness (QED) is 0.145. The minimum absolute atomic E-state index is 0.00730. The van der Waals surface area contributed by atoms with Gasteiger partial charge in [-0.2, -0.15) is 0 Å². The minimum atomic E-state index is -0.974. The fourth-order valence-corrected chi connectivity index (χ4v) is 13.5. The van der Waals surface area contributed by atoms with Crippen LogP contribution in [0, 0.1) is 11.8 Å². The van der Waals surface area contributed by atoms with Gasteiger partial charge in [0, 0.05) is 22.6 Å². The fourth-order valence-electron chi connectivity index (χ4n) is 7.60. The third-order valence-electron chi connectivity index (χ3n) is 10.1. The van der Waals surface area contributed by atoms with Gasteiger partial charge in [-0.3, -0.25) is 0 Å². The highest BCUT2D eigenvalue weighted by Crippen LogP contribution is 2.58. The van der Waals surface area contributed by atoms with Crippen LogP contribution in [0.1, 0.15) is 31.4 Å². The van der Waals surface area contributed by atoms with Crippen molar-refractivity contribution in [2.24, 2.45) is 11.8 Å². The first-order valence-corrected chi connectivity index (χ1v) is 19.6. The van der Waals surface area contributed by atoms with E-state index in [-0.39, 0.29) is 11.6 Å².